The van der Waals surface area contributed by atoms with Gasteiger partial charge in [-0.2, -0.15) is 0 Å². The third-order valence-electron chi connectivity index (χ3n) is 2.51. The van der Waals surface area contributed by atoms with Gasteiger partial charge in [0.15, 0.2) is 0 Å². The first-order valence-corrected chi connectivity index (χ1v) is 5.43. The Labute approximate surface area is 103 Å². The number of benzene rings is 2. The van der Waals surface area contributed by atoms with E-state index in [4.69, 9.17) is 17.3 Å². The largest absolute Gasteiger partial charge is 0.326 e. The third kappa shape index (κ3) is 2.46. The number of hydrogen-bond acceptors (Lipinski definition) is 1. The fourth-order valence-corrected chi connectivity index (χ4v) is 1.83. The molecular weight excluding hydrogens is 244 g/mol. The molecule has 0 fully saturated rings. The Morgan fingerprint density at radius 1 is 1.06 bits per heavy atom. The molecule has 0 unspecified atom stereocenters. The predicted molar refractivity (Wildman–Crippen MR) is 64.7 cm³/mol. The summed E-state index contributed by atoms with van der Waals surface area (Å²) in [6.45, 7) is 0.128. The van der Waals surface area contributed by atoms with Gasteiger partial charge in [0, 0.05) is 22.7 Å². The van der Waals surface area contributed by atoms with Crippen molar-refractivity contribution in [2.45, 2.75) is 6.54 Å². The van der Waals surface area contributed by atoms with Gasteiger partial charge in [0.05, 0.1) is 0 Å². The van der Waals surface area contributed by atoms with Crippen LogP contribution in [0, 0.1) is 11.6 Å². The highest BCUT2D eigenvalue weighted by atomic mass is 35.5. The van der Waals surface area contributed by atoms with Crippen molar-refractivity contribution in [2.75, 3.05) is 0 Å². The second-order valence-corrected chi connectivity index (χ2v) is 4.04. The standard InChI is InChI=1S/C13H10ClF2N/c14-12-4-3-10(15)6-11(12)8-1-2-9(7-17)13(16)5-8/h1-6H,7,17H2. The number of rotatable bonds is 2. The van der Waals surface area contributed by atoms with E-state index in [1.807, 2.05) is 0 Å². The second kappa shape index (κ2) is 4.82. The molecule has 17 heavy (non-hydrogen) atoms. The lowest BCUT2D eigenvalue weighted by atomic mass is 10.0. The van der Waals surface area contributed by atoms with Crippen LogP contribution in [0.4, 0.5) is 8.78 Å². The molecule has 2 N–H and O–H groups in total. The molecule has 0 aliphatic carbocycles. The Morgan fingerprint density at radius 3 is 2.47 bits per heavy atom. The van der Waals surface area contributed by atoms with Gasteiger partial charge in [-0.1, -0.05) is 23.7 Å². The van der Waals surface area contributed by atoms with E-state index in [1.54, 1.807) is 12.1 Å². The van der Waals surface area contributed by atoms with Gasteiger partial charge >= 0.3 is 0 Å². The van der Waals surface area contributed by atoms with E-state index in [9.17, 15) is 8.78 Å². The van der Waals surface area contributed by atoms with Crippen molar-refractivity contribution in [1.29, 1.82) is 0 Å². The van der Waals surface area contributed by atoms with Crippen LogP contribution in [0.25, 0.3) is 11.1 Å². The third-order valence-corrected chi connectivity index (χ3v) is 2.84. The molecule has 0 bridgehead atoms. The van der Waals surface area contributed by atoms with Crippen molar-refractivity contribution in [3.05, 3.63) is 58.6 Å². The average Bonchev–Trinajstić information content (AvgIpc) is 2.32. The van der Waals surface area contributed by atoms with Gasteiger partial charge < -0.3 is 5.73 Å². The van der Waals surface area contributed by atoms with Gasteiger partial charge in [-0.05, 0) is 29.8 Å². The maximum absolute atomic E-state index is 13.6. The minimum Gasteiger partial charge on any atom is -0.326 e. The summed E-state index contributed by atoms with van der Waals surface area (Å²) >= 11 is 5.94. The summed E-state index contributed by atoms with van der Waals surface area (Å²) in [5.41, 5.74) is 6.78. The van der Waals surface area contributed by atoms with Crippen molar-refractivity contribution >= 4 is 11.6 Å². The van der Waals surface area contributed by atoms with Crippen LogP contribution >= 0.6 is 11.6 Å². The van der Waals surface area contributed by atoms with E-state index in [-0.39, 0.29) is 6.54 Å². The van der Waals surface area contributed by atoms with Crippen molar-refractivity contribution in [3.8, 4) is 11.1 Å². The maximum atomic E-state index is 13.6. The number of hydrogen-bond donors (Lipinski definition) is 1. The molecule has 2 rings (SSSR count). The summed E-state index contributed by atoms with van der Waals surface area (Å²) in [5.74, 6) is -0.821. The monoisotopic (exact) mass is 253 g/mol. The zero-order chi connectivity index (χ0) is 12.4. The highest BCUT2D eigenvalue weighted by molar-refractivity contribution is 6.33. The average molecular weight is 254 g/mol. The smallest absolute Gasteiger partial charge is 0.128 e. The zero-order valence-electron chi connectivity index (χ0n) is 8.88. The molecule has 0 saturated heterocycles. The molecule has 1 nitrogen and oxygen atoms in total. The van der Waals surface area contributed by atoms with E-state index in [2.05, 4.69) is 0 Å². The van der Waals surface area contributed by atoms with Crippen LogP contribution in [-0.4, -0.2) is 0 Å². The van der Waals surface area contributed by atoms with Gasteiger partial charge in [0.25, 0.3) is 0 Å². The fraction of sp³-hybridized carbons (Fsp3) is 0.0769. The Bertz CT molecular complexity index is 555. The molecule has 4 heteroatoms. The van der Waals surface area contributed by atoms with Crippen LogP contribution in [0.1, 0.15) is 5.56 Å². The van der Waals surface area contributed by atoms with Crippen LogP contribution in [0.15, 0.2) is 36.4 Å². The van der Waals surface area contributed by atoms with Crippen LogP contribution < -0.4 is 5.73 Å². The van der Waals surface area contributed by atoms with Gasteiger partial charge in [-0.15, -0.1) is 0 Å². The molecular formula is C13H10ClF2N. The summed E-state index contributed by atoms with van der Waals surface area (Å²) in [6, 6.07) is 8.54. The number of nitrogens with two attached hydrogens (primary N) is 1. The second-order valence-electron chi connectivity index (χ2n) is 3.63. The molecule has 0 aliphatic heterocycles. The minimum atomic E-state index is -0.412. The number of halogens is 3. The molecule has 0 atom stereocenters. The Kier molecular flexibility index (Phi) is 3.41. The molecule has 88 valence electrons. The van der Waals surface area contributed by atoms with Crippen molar-refractivity contribution in [2.24, 2.45) is 5.73 Å². The quantitative estimate of drug-likeness (QED) is 0.867. The lowest BCUT2D eigenvalue weighted by molar-refractivity contribution is 0.611. The first-order chi connectivity index (χ1) is 8.11. The van der Waals surface area contributed by atoms with Gasteiger partial charge in [-0.3, -0.25) is 0 Å². The summed E-state index contributed by atoms with van der Waals surface area (Å²) in [6.07, 6.45) is 0. The van der Waals surface area contributed by atoms with E-state index < -0.39 is 11.6 Å². The van der Waals surface area contributed by atoms with Crippen LogP contribution in [0.5, 0.6) is 0 Å². The Morgan fingerprint density at radius 2 is 1.82 bits per heavy atom. The Balaban J connectivity index is 2.53. The molecule has 0 heterocycles. The lowest BCUT2D eigenvalue weighted by Crippen LogP contribution is -1.99. The van der Waals surface area contributed by atoms with Gasteiger partial charge in [0.1, 0.15) is 11.6 Å². The maximum Gasteiger partial charge on any atom is 0.128 e. The van der Waals surface area contributed by atoms with Gasteiger partial charge in [0.2, 0.25) is 0 Å². The first-order valence-electron chi connectivity index (χ1n) is 5.05. The molecule has 0 aromatic heterocycles. The molecule has 2 aromatic carbocycles. The minimum absolute atomic E-state index is 0.128. The molecule has 0 radical (unpaired) electrons. The summed E-state index contributed by atoms with van der Waals surface area (Å²) in [7, 11) is 0. The van der Waals surface area contributed by atoms with Crippen LogP contribution in [-0.2, 0) is 6.54 Å². The van der Waals surface area contributed by atoms with Crippen molar-refractivity contribution < 1.29 is 8.78 Å². The van der Waals surface area contributed by atoms with E-state index in [0.29, 0.717) is 21.7 Å². The topological polar surface area (TPSA) is 26.0 Å². The van der Waals surface area contributed by atoms with Crippen LogP contribution in [0.3, 0.4) is 0 Å². The normalized spacial score (nSPS) is 10.6. The predicted octanol–water partition coefficient (Wildman–Crippen LogP) is 3.74. The van der Waals surface area contributed by atoms with E-state index in [1.165, 1.54) is 24.3 Å². The van der Waals surface area contributed by atoms with Crippen LogP contribution in [0.2, 0.25) is 5.02 Å². The molecule has 0 aliphatic rings. The molecule has 0 saturated carbocycles. The van der Waals surface area contributed by atoms with Crippen molar-refractivity contribution in [1.82, 2.24) is 0 Å². The van der Waals surface area contributed by atoms with Gasteiger partial charge in [-0.25, -0.2) is 8.78 Å². The SMILES string of the molecule is NCc1ccc(-c2cc(F)ccc2Cl)cc1F. The first kappa shape index (κ1) is 12.0. The summed E-state index contributed by atoms with van der Waals surface area (Å²) < 4.78 is 26.7. The fourth-order valence-electron chi connectivity index (χ4n) is 1.60. The van der Waals surface area contributed by atoms with E-state index in [0.717, 1.165) is 0 Å². The van der Waals surface area contributed by atoms with Crippen molar-refractivity contribution in [3.63, 3.8) is 0 Å². The highest BCUT2D eigenvalue weighted by Gasteiger charge is 2.08. The van der Waals surface area contributed by atoms with E-state index >= 15 is 0 Å². The molecule has 2 aromatic rings. The highest BCUT2D eigenvalue weighted by Crippen LogP contribution is 2.29. The summed E-state index contributed by atoms with van der Waals surface area (Å²) in [4.78, 5) is 0. The molecule has 0 amide bonds. The lowest BCUT2D eigenvalue weighted by Gasteiger charge is -2.07. The summed E-state index contributed by atoms with van der Waals surface area (Å²) in [5, 5.41) is 0.381. The Hall–Kier alpha value is -1.45. The molecule has 0 spiro atoms. The zero-order valence-corrected chi connectivity index (χ0v) is 9.64.